The van der Waals surface area contributed by atoms with Gasteiger partial charge in [0.15, 0.2) is 0 Å². The second kappa shape index (κ2) is 7.36. The summed E-state index contributed by atoms with van der Waals surface area (Å²) in [5, 5.41) is 14.1. The minimum atomic E-state index is -0.507. The molecule has 1 unspecified atom stereocenters. The third-order valence-electron chi connectivity index (χ3n) is 4.64. The summed E-state index contributed by atoms with van der Waals surface area (Å²) in [6.45, 7) is 3.82. The first-order chi connectivity index (χ1) is 12.8. The van der Waals surface area contributed by atoms with E-state index < -0.39 is 10.8 Å². The van der Waals surface area contributed by atoms with E-state index in [-0.39, 0.29) is 30.5 Å². The molecule has 1 fully saturated rings. The number of hydrogen-bond donors (Lipinski definition) is 1. The summed E-state index contributed by atoms with van der Waals surface area (Å²) in [4.78, 5) is 36.8. The summed E-state index contributed by atoms with van der Waals surface area (Å²) in [6, 6.07) is 9.59. The number of carbonyl (C=O) groups is 2. The van der Waals surface area contributed by atoms with Gasteiger partial charge in [-0.15, -0.1) is 0 Å². The zero-order chi connectivity index (χ0) is 19.7. The normalized spacial score (nSPS) is 16.5. The molecule has 1 aliphatic rings. The molecule has 2 aromatic carbocycles. The number of nitro groups is 1. The molecule has 7 nitrogen and oxygen atoms in total. The van der Waals surface area contributed by atoms with E-state index in [1.165, 1.54) is 18.2 Å². The van der Waals surface area contributed by atoms with Gasteiger partial charge in [0.1, 0.15) is 0 Å². The van der Waals surface area contributed by atoms with Crippen LogP contribution in [0.25, 0.3) is 0 Å². The first-order valence-electron chi connectivity index (χ1n) is 8.38. The van der Waals surface area contributed by atoms with Crippen LogP contribution in [-0.2, 0) is 9.59 Å². The number of nitrogens with one attached hydrogen (secondary N) is 1. The first kappa shape index (κ1) is 18.8. The number of non-ortho nitro benzene ring substituents is 1. The van der Waals surface area contributed by atoms with Crippen LogP contribution >= 0.6 is 11.6 Å². The van der Waals surface area contributed by atoms with E-state index in [9.17, 15) is 19.7 Å². The molecule has 1 atom stereocenters. The fourth-order valence-corrected chi connectivity index (χ4v) is 3.19. The number of amides is 2. The van der Waals surface area contributed by atoms with Gasteiger partial charge in [0.25, 0.3) is 5.69 Å². The molecule has 1 N–H and O–H groups in total. The zero-order valence-electron chi connectivity index (χ0n) is 14.9. The van der Waals surface area contributed by atoms with Crippen LogP contribution in [0, 0.1) is 29.9 Å². The molecular weight excluding hydrogens is 370 g/mol. The summed E-state index contributed by atoms with van der Waals surface area (Å²) in [5.41, 5.74) is 2.62. The second-order valence-corrected chi connectivity index (χ2v) is 6.99. The van der Waals surface area contributed by atoms with Gasteiger partial charge in [0.05, 0.1) is 10.8 Å². The van der Waals surface area contributed by atoms with Gasteiger partial charge in [-0.25, -0.2) is 0 Å². The van der Waals surface area contributed by atoms with Crippen LogP contribution in [0.5, 0.6) is 0 Å². The second-order valence-electron chi connectivity index (χ2n) is 6.58. The molecule has 0 bridgehead atoms. The molecular formula is C19H18ClN3O4. The molecule has 0 saturated carbocycles. The maximum Gasteiger partial charge on any atom is 0.269 e. The molecule has 0 radical (unpaired) electrons. The van der Waals surface area contributed by atoms with Crippen molar-refractivity contribution in [3.05, 3.63) is 62.7 Å². The van der Waals surface area contributed by atoms with Gasteiger partial charge in [-0.2, -0.15) is 0 Å². The van der Waals surface area contributed by atoms with Crippen LogP contribution in [0.2, 0.25) is 5.02 Å². The lowest BCUT2D eigenvalue weighted by molar-refractivity contribution is -0.384. The Morgan fingerprint density at radius 1 is 1.22 bits per heavy atom. The Kier molecular flexibility index (Phi) is 5.14. The van der Waals surface area contributed by atoms with Crippen molar-refractivity contribution in [3.63, 3.8) is 0 Å². The highest BCUT2D eigenvalue weighted by Gasteiger charge is 2.35. The highest BCUT2D eigenvalue weighted by Crippen LogP contribution is 2.30. The number of nitrogens with zero attached hydrogens (tertiary/aromatic N) is 2. The molecule has 27 heavy (non-hydrogen) atoms. The van der Waals surface area contributed by atoms with Crippen LogP contribution in [0.4, 0.5) is 17.1 Å². The number of halogens is 1. The SMILES string of the molecule is Cc1ccc(N2CC(C(=O)Nc3ccc([N+](=O)[O-])cc3C)CC2=O)cc1Cl. The minimum Gasteiger partial charge on any atom is -0.326 e. The molecule has 2 amide bonds. The third-order valence-corrected chi connectivity index (χ3v) is 5.05. The topological polar surface area (TPSA) is 92.6 Å². The Morgan fingerprint density at radius 2 is 1.96 bits per heavy atom. The van der Waals surface area contributed by atoms with E-state index in [1.54, 1.807) is 24.0 Å². The highest BCUT2D eigenvalue weighted by molar-refractivity contribution is 6.31. The van der Waals surface area contributed by atoms with Crippen molar-refractivity contribution in [2.45, 2.75) is 20.3 Å². The number of anilines is 2. The molecule has 3 rings (SSSR count). The minimum absolute atomic E-state index is 0.0380. The van der Waals surface area contributed by atoms with Crippen molar-refractivity contribution in [2.24, 2.45) is 5.92 Å². The summed E-state index contributed by atoms with van der Waals surface area (Å²) >= 11 is 6.13. The fraction of sp³-hybridized carbons (Fsp3) is 0.263. The average Bonchev–Trinajstić information content (AvgIpc) is 3.01. The van der Waals surface area contributed by atoms with Crippen LogP contribution in [0.3, 0.4) is 0 Å². The van der Waals surface area contributed by atoms with Crippen molar-refractivity contribution < 1.29 is 14.5 Å². The lowest BCUT2D eigenvalue weighted by Gasteiger charge is -2.18. The Labute approximate surface area is 161 Å². The van der Waals surface area contributed by atoms with Crippen LogP contribution in [0.1, 0.15) is 17.5 Å². The van der Waals surface area contributed by atoms with E-state index in [2.05, 4.69) is 5.32 Å². The lowest BCUT2D eigenvalue weighted by Crippen LogP contribution is -2.28. The predicted molar refractivity (Wildman–Crippen MR) is 103 cm³/mol. The maximum absolute atomic E-state index is 12.6. The van der Waals surface area contributed by atoms with Gasteiger partial charge in [0, 0.05) is 41.5 Å². The number of benzene rings is 2. The van der Waals surface area contributed by atoms with E-state index >= 15 is 0 Å². The molecule has 1 aliphatic heterocycles. The lowest BCUT2D eigenvalue weighted by atomic mass is 10.1. The molecule has 1 heterocycles. The number of hydrogen-bond acceptors (Lipinski definition) is 4. The summed E-state index contributed by atoms with van der Waals surface area (Å²) in [6.07, 6.45) is 0.101. The smallest absolute Gasteiger partial charge is 0.269 e. The number of nitro benzene ring substituents is 1. The quantitative estimate of drug-likeness (QED) is 0.636. The van der Waals surface area contributed by atoms with E-state index in [4.69, 9.17) is 11.6 Å². The third kappa shape index (κ3) is 3.93. The fourth-order valence-electron chi connectivity index (χ4n) is 3.02. The molecule has 140 valence electrons. The first-order valence-corrected chi connectivity index (χ1v) is 8.76. The van der Waals surface area contributed by atoms with Crippen molar-refractivity contribution in [2.75, 3.05) is 16.8 Å². The molecule has 8 heteroatoms. The van der Waals surface area contributed by atoms with Crippen LogP contribution < -0.4 is 10.2 Å². The highest BCUT2D eigenvalue weighted by atomic mass is 35.5. The van der Waals surface area contributed by atoms with Crippen LogP contribution in [0.15, 0.2) is 36.4 Å². The summed E-state index contributed by atoms with van der Waals surface area (Å²) in [7, 11) is 0. The van der Waals surface area contributed by atoms with Crippen molar-refractivity contribution in [1.82, 2.24) is 0 Å². The van der Waals surface area contributed by atoms with Gasteiger partial charge in [-0.05, 0) is 43.2 Å². The molecule has 2 aromatic rings. The number of rotatable bonds is 4. The Bertz CT molecular complexity index is 945. The van der Waals surface area contributed by atoms with E-state index in [0.29, 0.717) is 22.0 Å². The standard InChI is InChI=1S/C19H18ClN3O4/c1-11-3-4-14(9-16(11)20)22-10-13(8-18(22)24)19(25)21-17-6-5-15(23(26)27)7-12(17)2/h3-7,9,13H,8,10H2,1-2H3,(H,21,25). The number of aryl methyl sites for hydroxylation is 2. The molecule has 0 aromatic heterocycles. The molecule has 0 aliphatic carbocycles. The van der Waals surface area contributed by atoms with Gasteiger partial charge in [-0.3, -0.25) is 19.7 Å². The van der Waals surface area contributed by atoms with Gasteiger partial charge in [0.2, 0.25) is 11.8 Å². The van der Waals surface area contributed by atoms with Gasteiger partial charge in [-0.1, -0.05) is 17.7 Å². The van der Waals surface area contributed by atoms with Gasteiger partial charge >= 0.3 is 0 Å². The average molecular weight is 388 g/mol. The zero-order valence-corrected chi connectivity index (χ0v) is 15.6. The summed E-state index contributed by atoms with van der Waals surface area (Å²) in [5.74, 6) is -0.941. The Morgan fingerprint density at radius 3 is 2.59 bits per heavy atom. The van der Waals surface area contributed by atoms with Crippen LogP contribution in [-0.4, -0.2) is 23.3 Å². The number of carbonyl (C=O) groups excluding carboxylic acids is 2. The molecule has 0 spiro atoms. The summed E-state index contributed by atoms with van der Waals surface area (Å²) < 4.78 is 0. The monoisotopic (exact) mass is 387 g/mol. The Balaban J connectivity index is 1.72. The Hall–Kier alpha value is -2.93. The van der Waals surface area contributed by atoms with Crippen molar-refractivity contribution in [1.29, 1.82) is 0 Å². The van der Waals surface area contributed by atoms with Gasteiger partial charge < -0.3 is 10.2 Å². The molecule has 1 saturated heterocycles. The van der Waals surface area contributed by atoms with E-state index in [0.717, 1.165) is 5.56 Å². The largest absolute Gasteiger partial charge is 0.326 e. The van der Waals surface area contributed by atoms with Crippen molar-refractivity contribution >= 4 is 40.5 Å². The van der Waals surface area contributed by atoms with Crippen molar-refractivity contribution in [3.8, 4) is 0 Å². The maximum atomic E-state index is 12.6. The predicted octanol–water partition coefficient (Wildman–Crippen LogP) is 3.86. The van der Waals surface area contributed by atoms with E-state index in [1.807, 2.05) is 13.0 Å².